The lowest BCUT2D eigenvalue weighted by atomic mass is 10.2. The average molecular weight is 374 g/mol. The second-order valence-electron chi connectivity index (χ2n) is 5.46. The lowest BCUT2D eigenvalue weighted by molar-refractivity contribution is -0.143. The minimum atomic E-state index is -0.607. The lowest BCUT2D eigenvalue weighted by Gasteiger charge is -2.05. The van der Waals surface area contributed by atoms with Gasteiger partial charge in [0.25, 0.3) is 5.91 Å². The molecule has 0 aromatic heterocycles. The van der Waals surface area contributed by atoms with Crippen molar-refractivity contribution in [1.29, 1.82) is 0 Å². The maximum atomic E-state index is 11.7. The van der Waals surface area contributed by atoms with Crippen molar-refractivity contribution in [2.75, 3.05) is 13.4 Å². The summed E-state index contributed by atoms with van der Waals surface area (Å²) in [6.07, 6.45) is 2.83. The molecular weight excluding hydrogens is 358 g/mol. The number of halogens is 1. The Morgan fingerprint density at radius 3 is 2.69 bits per heavy atom. The molecule has 1 amide bonds. The van der Waals surface area contributed by atoms with Crippen LogP contribution in [0.2, 0.25) is 5.02 Å². The molecule has 0 radical (unpaired) electrons. The molecule has 0 fully saturated rings. The maximum absolute atomic E-state index is 11.7. The van der Waals surface area contributed by atoms with Gasteiger partial charge in [0.15, 0.2) is 18.1 Å². The van der Waals surface area contributed by atoms with Gasteiger partial charge in [-0.1, -0.05) is 29.8 Å². The van der Waals surface area contributed by atoms with Crippen LogP contribution in [0.15, 0.2) is 48.5 Å². The molecule has 0 atom stereocenters. The summed E-state index contributed by atoms with van der Waals surface area (Å²) in [5, 5.41) is 3.29. The van der Waals surface area contributed by atoms with Gasteiger partial charge >= 0.3 is 5.97 Å². The van der Waals surface area contributed by atoms with Crippen molar-refractivity contribution in [3.8, 4) is 11.5 Å². The van der Waals surface area contributed by atoms with E-state index in [0.29, 0.717) is 23.1 Å². The summed E-state index contributed by atoms with van der Waals surface area (Å²) in [4.78, 5) is 23.4. The van der Waals surface area contributed by atoms with Crippen LogP contribution in [0.1, 0.15) is 11.1 Å². The first-order valence-electron chi connectivity index (χ1n) is 7.86. The number of esters is 1. The topological polar surface area (TPSA) is 73.9 Å². The molecule has 0 saturated carbocycles. The van der Waals surface area contributed by atoms with Crippen LogP contribution >= 0.6 is 11.6 Å². The van der Waals surface area contributed by atoms with E-state index in [1.54, 1.807) is 36.4 Å². The van der Waals surface area contributed by atoms with Crippen LogP contribution in [-0.4, -0.2) is 25.3 Å². The number of hydrogen-bond acceptors (Lipinski definition) is 5. The fourth-order valence-corrected chi connectivity index (χ4v) is 2.35. The highest BCUT2D eigenvalue weighted by atomic mass is 35.5. The molecule has 1 aliphatic rings. The summed E-state index contributed by atoms with van der Waals surface area (Å²) in [5.74, 6) is 0.304. The van der Waals surface area contributed by atoms with E-state index in [2.05, 4.69) is 5.32 Å². The van der Waals surface area contributed by atoms with Gasteiger partial charge in [0, 0.05) is 17.6 Å². The van der Waals surface area contributed by atoms with E-state index < -0.39 is 5.97 Å². The Labute approximate surface area is 155 Å². The number of carbonyl (C=O) groups is 2. The third-order valence-corrected chi connectivity index (χ3v) is 3.81. The second kappa shape index (κ2) is 8.40. The largest absolute Gasteiger partial charge is 0.454 e. The van der Waals surface area contributed by atoms with Crippen LogP contribution in [0.5, 0.6) is 11.5 Å². The zero-order valence-electron chi connectivity index (χ0n) is 13.7. The molecule has 0 spiro atoms. The maximum Gasteiger partial charge on any atom is 0.331 e. The van der Waals surface area contributed by atoms with Gasteiger partial charge in [-0.25, -0.2) is 4.79 Å². The van der Waals surface area contributed by atoms with Crippen molar-refractivity contribution in [3.63, 3.8) is 0 Å². The highest BCUT2D eigenvalue weighted by Gasteiger charge is 2.12. The summed E-state index contributed by atoms with van der Waals surface area (Å²) in [6.45, 7) is 0.175. The van der Waals surface area contributed by atoms with Crippen molar-refractivity contribution < 1.29 is 23.8 Å². The Bertz CT molecular complexity index is 832. The first kappa shape index (κ1) is 17.8. The van der Waals surface area contributed by atoms with Crippen LogP contribution in [0.25, 0.3) is 6.08 Å². The molecule has 7 heteroatoms. The van der Waals surface area contributed by atoms with E-state index in [-0.39, 0.29) is 19.3 Å². The molecule has 0 aliphatic carbocycles. The van der Waals surface area contributed by atoms with Crippen LogP contribution < -0.4 is 14.8 Å². The van der Waals surface area contributed by atoms with Crippen molar-refractivity contribution in [3.05, 3.63) is 64.7 Å². The van der Waals surface area contributed by atoms with Crippen molar-refractivity contribution >= 4 is 29.6 Å². The molecule has 134 valence electrons. The van der Waals surface area contributed by atoms with Gasteiger partial charge in [-0.3, -0.25) is 4.79 Å². The number of ether oxygens (including phenoxy) is 3. The zero-order chi connectivity index (χ0) is 18.4. The highest BCUT2D eigenvalue weighted by molar-refractivity contribution is 6.30. The number of fused-ring (bicyclic) bond motifs is 1. The Balaban J connectivity index is 1.41. The number of benzene rings is 2. The molecule has 0 saturated heterocycles. The number of rotatable bonds is 6. The molecule has 1 N–H and O–H groups in total. The Kier molecular flexibility index (Phi) is 5.76. The minimum Gasteiger partial charge on any atom is -0.454 e. The predicted molar refractivity (Wildman–Crippen MR) is 95.9 cm³/mol. The number of carbonyl (C=O) groups excluding carboxylic acids is 2. The molecule has 3 rings (SSSR count). The van der Waals surface area contributed by atoms with Crippen LogP contribution in [0.3, 0.4) is 0 Å². The smallest absolute Gasteiger partial charge is 0.331 e. The molecule has 0 unspecified atom stereocenters. The summed E-state index contributed by atoms with van der Waals surface area (Å²) in [5.41, 5.74) is 1.66. The third-order valence-electron chi connectivity index (χ3n) is 3.56. The molecule has 6 nitrogen and oxygen atoms in total. The SMILES string of the molecule is O=C(COC(=O)C=Cc1ccc2c(c1)OCO2)NCc1ccc(Cl)cc1. The first-order valence-corrected chi connectivity index (χ1v) is 8.23. The predicted octanol–water partition coefficient (Wildman–Crippen LogP) is 2.94. The molecule has 2 aromatic rings. The fraction of sp³-hybridized carbons (Fsp3) is 0.158. The van der Waals surface area contributed by atoms with Gasteiger partial charge in [-0.05, 0) is 41.5 Å². The van der Waals surface area contributed by atoms with E-state index in [4.69, 9.17) is 25.8 Å². The van der Waals surface area contributed by atoms with Gasteiger partial charge in [-0.2, -0.15) is 0 Å². The van der Waals surface area contributed by atoms with E-state index >= 15 is 0 Å². The van der Waals surface area contributed by atoms with Crippen LogP contribution in [0, 0.1) is 0 Å². The fourth-order valence-electron chi connectivity index (χ4n) is 2.22. The van der Waals surface area contributed by atoms with E-state index in [1.807, 2.05) is 12.1 Å². The summed E-state index contributed by atoms with van der Waals surface area (Å²) >= 11 is 5.80. The molecule has 26 heavy (non-hydrogen) atoms. The molecule has 1 heterocycles. The van der Waals surface area contributed by atoms with Gasteiger partial charge < -0.3 is 19.5 Å². The van der Waals surface area contributed by atoms with Crippen molar-refractivity contribution in [2.24, 2.45) is 0 Å². The zero-order valence-corrected chi connectivity index (χ0v) is 14.5. The highest BCUT2D eigenvalue weighted by Crippen LogP contribution is 2.32. The minimum absolute atomic E-state index is 0.190. The van der Waals surface area contributed by atoms with Gasteiger partial charge in [0.05, 0.1) is 0 Å². The summed E-state index contributed by atoms with van der Waals surface area (Å²) < 4.78 is 15.4. The Hall–Kier alpha value is -2.99. The van der Waals surface area contributed by atoms with Crippen molar-refractivity contribution in [1.82, 2.24) is 5.32 Å². The molecule has 2 aromatic carbocycles. The van der Waals surface area contributed by atoms with E-state index in [1.165, 1.54) is 6.08 Å². The van der Waals surface area contributed by atoms with Crippen LogP contribution in [-0.2, 0) is 20.9 Å². The van der Waals surface area contributed by atoms with Gasteiger partial charge in [0.2, 0.25) is 6.79 Å². The van der Waals surface area contributed by atoms with E-state index in [0.717, 1.165) is 11.1 Å². The third kappa shape index (κ3) is 5.00. The van der Waals surface area contributed by atoms with Crippen LogP contribution in [0.4, 0.5) is 0 Å². The normalized spacial score (nSPS) is 12.2. The van der Waals surface area contributed by atoms with E-state index in [9.17, 15) is 9.59 Å². The number of amides is 1. The lowest BCUT2D eigenvalue weighted by Crippen LogP contribution is -2.28. The second-order valence-corrected chi connectivity index (χ2v) is 5.89. The summed E-state index contributed by atoms with van der Waals surface area (Å²) in [6, 6.07) is 12.4. The summed E-state index contributed by atoms with van der Waals surface area (Å²) in [7, 11) is 0. The van der Waals surface area contributed by atoms with Gasteiger partial charge in [0.1, 0.15) is 0 Å². The Morgan fingerprint density at radius 2 is 1.88 bits per heavy atom. The molecular formula is C19H16ClNO5. The standard InChI is InChI=1S/C19H16ClNO5/c20-15-5-1-14(2-6-15)10-21-18(22)11-24-19(23)8-4-13-3-7-16-17(9-13)26-12-25-16/h1-9H,10-12H2,(H,21,22). The monoisotopic (exact) mass is 373 g/mol. The Morgan fingerprint density at radius 1 is 1.12 bits per heavy atom. The quantitative estimate of drug-likeness (QED) is 0.622. The molecule has 1 aliphatic heterocycles. The number of nitrogens with one attached hydrogen (secondary N) is 1. The van der Waals surface area contributed by atoms with Crippen molar-refractivity contribution in [2.45, 2.75) is 6.54 Å². The van der Waals surface area contributed by atoms with Gasteiger partial charge in [-0.15, -0.1) is 0 Å². The number of hydrogen-bond donors (Lipinski definition) is 1. The average Bonchev–Trinajstić information content (AvgIpc) is 3.12. The first-order chi connectivity index (χ1) is 12.6. The molecule has 0 bridgehead atoms.